The molecule has 3 aromatic carbocycles. The molecule has 0 amide bonds. The standard InChI is InChI=1S/C23H22Cl2FNO3/c1-29-22-10-16(12-27-13-21(28)15-6-3-2-4-7-15)19(25)11-23(22)30-14-17-18(24)8-5-9-20(17)26/h2-11,21,27-28H,12-14H2,1H3. The maximum absolute atomic E-state index is 14.0. The summed E-state index contributed by atoms with van der Waals surface area (Å²) in [6.45, 7) is 0.740. The zero-order chi connectivity index (χ0) is 21.5. The highest BCUT2D eigenvalue weighted by molar-refractivity contribution is 6.31. The molecule has 0 spiro atoms. The van der Waals surface area contributed by atoms with Gasteiger partial charge in [0, 0.05) is 29.7 Å². The van der Waals surface area contributed by atoms with Gasteiger partial charge in [0.1, 0.15) is 12.4 Å². The predicted octanol–water partition coefficient (Wildman–Crippen LogP) is 5.54. The number of ether oxygens (including phenoxy) is 2. The average molecular weight is 450 g/mol. The van der Waals surface area contributed by atoms with Crippen molar-refractivity contribution >= 4 is 23.2 Å². The molecule has 0 bridgehead atoms. The van der Waals surface area contributed by atoms with Gasteiger partial charge < -0.3 is 19.9 Å². The summed E-state index contributed by atoms with van der Waals surface area (Å²) in [6, 6.07) is 17.3. The van der Waals surface area contributed by atoms with Crippen LogP contribution in [0, 0.1) is 5.82 Å². The second-order valence-electron chi connectivity index (χ2n) is 6.64. The molecule has 0 radical (unpaired) electrons. The van der Waals surface area contributed by atoms with Gasteiger partial charge in [0.25, 0.3) is 0 Å². The summed E-state index contributed by atoms with van der Waals surface area (Å²) in [4.78, 5) is 0. The summed E-state index contributed by atoms with van der Waals surface area (Å²) < 4.78 is 25.1. The smallest absolute Gasteiger partial charge is 0.163 e. The predicted molar refractivity (Wildman–Crippen MR) is 117 cm³/mol. The molecule has 0 aliphatic heterocycles. The molecule has 30 heavy (non-hydrogen) atoms. The number of methoxy groups -OCH3 is 1. The lowest BCUT2D eigenvalue weighted by Crippen LogP contribution is -2.21. The normalized spacial score (nSPS) is 11.9. The Hall–Kier alpha value is -2.31. The van der Waals surface area contributed by atoms with Crippen LogP contribution in [0.2, 0.25) is 10.0 Å². The van der Waals surface area contributed by atoms with Crippen LogP contribution < -0.4 is 14.8 Å². The molecule has 0 fully saturated rings. The number of nitrogens with one attached hydrogen (secondary N) is 1. The molecular weight excluding hydrogens is 428 g/mol. The van der Waals surface area contributed by atoms with E-state index < -0.39 is 11.9 Å². The SMILES string of the molecule is COc1cc(CNCC(O)c2ccccc2)c(Cl)cc1OCc1c(F)cccc1Cl. The summed E-state index contributed by atoms with van der Waals surface area (Å²) >= 11 is 12.4. The van der Waals surface area contributed by atoms with Crippen molar-refractivity contribution < 1.29 is 19.0 Å². The third kappa shape index (κ3) is 5.64. The fourth-order valence-corrected chi connectivity index (χ4v) is 3.38. The Morgan fingerprint density at radius 1 is 1.00 bits per heavy atom. The van der Waals surface area contributed by atoms with Crippen molar-refractivity contribution in [3.05, 3.63) is 93.2 Å². The highest BCUT2D eigenvalue weighted by Crippen LogP contribution is 2.34. The summed E-state index contributed by atoms with van der Waals surface area (Å²) in [5, 5.41) is 14.2. The molecule has 0 heterocycles. The largest absolute Gasteiger partial charge is 0.493 e. The molecule has 1 atom stereocenters. The van der Waals surface area contributed by atoms with Gasteiger partial charge in [-0.2, -0.15) is 0 Å². The van der Waals surface area contributed by atoms with Crippen molar-refractivity contribution in [3.63, 3.8) is 0 Å². The van der Waals surface area contributed by atoms with Crippen molar-refractivity contribution in [1.29, 1.82) is 0 Å². The van der Waals surface area contributed by atoms with Gasteiger partial charge in [-0.3, -0.25) is 0 Å². The topological polar surface area (TPSA) is 50.7 Å². The molecule has 0 aliphatic rings. The second kappa shape index (κ2) is 10.6. The molecule has 3 rings (SSSR count). The van der Waals surface area contributed by atoms with Crippen LogP contribution in [0.3, 0.4) is 0 Å². The van der Waals surface area contributed by atoms with Crippen LogP contribution in [0.5, 0.6) is 11.5 Å². The summed E-state index contributed by atoms with van der Waals surface area (Å²) in [5.41, 5.74) is 1.88. The number of halogens is 3. The Morgan fingerprint density at radius 3 is 2.47 bits per heavy atom. The zero-order valence-corrected chi connectivity index (χ0v) is 17.9. The lowest BCUT2D eigenvalue weighted by atomic mass is 10.1. The molecule has 0 saturated heterocycles. The first-order valence-electron chi connectivity index (χ1n) is 9.35. The van der Waals surface area contributed by atoms with E-state index in [1.165, 1.54) is 19.2 Å². The molecule has 0 saturated carbocycles. The molecular formula is C23H22Cl2FNO3. The number of aliphatic hydroxyl groups is 1. The van der Waals surface area contributed by atoms with E-state index in [1.54, 1.807) is 18.2 Å². The van der Waals surface area contributed by atoms with Crippen molar-refractivity contribution in [2.75, 3.05) is 13.7 Å². The van der Waals surface area contributed by atoms with Gasteiger partial charge in [0.15, 0.2) is 11.5 Å². The van der Waals surface area contributed by atoms with Gasteiger partial charge in [-0.25, -0.2) is 4.39 Å². The lowest BCUT2D eigenvalue weighted by molar-refractivity contribution is 0.174. The van der Waals surface area contributed by atoms with E-state index in [2.05, 4.69) is 5.32 Å². The molecule has 4 nitrogen and oxygen atoms in total. The number of aliphatic hydroxyl groups excluding tert-OH is 1. The number of rotatable bonds is 9. The highest BCUT2D eigenvalue weighted by atomic mass is 35.5. The van der Waals surface area contributed by atoms with Crippen LogP contribution >= 0.6 is 23.2 Å². The van der Waals surface area contributed by atoms with Crippen molar-refractivity contribution in [2.45, 2.75) is 19.3 Å². The highest BCUT2D eigenvalue weighted by Gasteiger charge is 2.14. The molecule has 7 heteroatoms. The Balaban J connectivity index is 1.65. The molecule has 0 aliphatic carbocycles. The summed E-state index contributed by atoms with van der Waals surface area (Å²) in [6.07, 6.45) is -0.625. The minimum absolute atomic E-state index is 0.0565. The average Bonchev–Trinajstić information content (AvgIpc) is 2.75. The van der Waals surface area contributed by atoms with E-state index >= 15 is 0 Å². The minimum Gasteiger partial charge on any atom is -0.493 e. The van der Waals surface area contributed by atoms with Gasteiger partial charge in [0.05, 0.1) is 18.2 Å². The van der Waals surface area contributed by atoms with Crippen molar-refractivity contribution in [2.24, 2.45) is 0 Å². The molecule has 2 N–H and O–H groups in total. The number of hydrogen-bond donors (Lipinski definition) is 2. The summed E-state index contributed by atoms with van der Waals surface area (Å²) in [7, 11) is 1.52. The van der Waals surface area contributed by atoms with Crippen LogP contribution in [0.15, 0.2) is 60.7 Å². The fourth-order valence-electron chi connectivity index (χ4n) is 2.94. The van der Waals surface area contributed by atoms with E-state index in [0.717, 1.165) is 11.1 Å². The second-order valence-corrected chi connectivity index (χ2v) is 7.46. The lowest BCUT2D eigenvalue weighted by Gasteiger charge is -2.16. The monoisotopic (exact) mass is 449 g/mol. The van der Waals surface area contributed by atoms with Crippen LogP contribution in [0.4, 0.5) is 4.39 Å². The van der Waals surface area contributed by atoms with Gasteiger partial charge >= 0.3 is 0 Å². The van der Waals surface area contributed by atoms with Crippen LogP contribution in [-0.2, 0) is 13.2 Å². The van der Waals surface area contributed by atoms with Gasteiger partial charge in [-0.1, -0.05) is 59.6 Å². The first kappa shape index (κ1) is 22.4. The molecule has 1 unspecified atom stereocenters. The molecule has 3 aromatic rings. The summed E-state index contributed by atoms with van der Waals surface area (Å²) in [5.74, 6) is 0.410. The third-order valence-corrected chi connectivity index (χ3v) is 5.31. The Labute approximate surface area is 185 Å². The zero-order valence-electron chi connectivity index (χ0n) is 16.4. The van der Waals surface area contributed by atoms with Gasteiger partial charge in [-0.05, 0) is 29.3 Å². The van der Waals surface area contributed by atoms with Crippen molar-refractivity contribution in [1.82, 2.24) is 5.32 Å². The Kier molecular flexibility index (Phi) is 7.94. The molecule has 158 valence electrons. The maximum atomic E-state index is 14.0. The van der Waals surface area contributed by atoms with Crippen molar-refractivity contribution in [3.8, 4) is 11.5 Å². The van der Waals surface area contributed by atoms with E-state index in [-0.39, 0.29) is 17.2 Å². The minimum atomic E-state index is -0.625. The Bertz CT molecular complexity index is 965. The van der Waals surface area contributed by atoms with Gasteiger partial charge in [0.2, 0.25) is 0 Å². The Morgan fingerprint density at radius 2 is 1.77 bits per heavy atom. The van der Waals surface area contributed by atoms with Crippen LogP contribution in [-0.4, -0.2) is 18.8 Å². The van der Waals surface area contributed by atoms with Crippen LogP contribution in [0.1, 0.15) is 22.8 Å². The maximum Gasteiger partial charge on any atom is 0.163 e. The number of benzene rings is 3. The quantitative estimate of drug-likeness (QED) is 0.449. The van der Waals surface area contributed by atoms with E-state index in [1.807, 2.05) is 30.3 Å². The van der Waals surface area contributed by atoms with E-state index in [4.69, 9.17) is 32.7 Å². The van der Waals surface area contributed by atoms with Gasteiger partial charge in [-0.15, -0.1) is 0 Å². The first-order valence-corrected chi connectivity index (χ1v) is 10.1. The van der Waals surface area contributed by atoms with E-state index in [0.29, 0.717) is 29.6 Å². The number of hydrogen-bond acceptors (Lipinski definition) is 4. The first-order chi connectivity index (χ1) is 14.5. The molecule has 0 aromatic heterocycles. The van der Waals surface area contributed by atoms with Crippen LogP contribution in [0.25, 0.3) is 0 Å². The fraction of sp³-hybridized carbons (Fsp3) is 0.217. The third-order valence-electron chi connectivity index (χ3n) is 4.60. The van der Waals surface area contributed by atoms with E-state index in [9.17, 15) is 9.50 Å².